The maximum Gasteiger partial charge on any atom is 0.308 e. The number of methoxy groups -OCH3 is 2. The van der Waals surface area contributed by atoms with Crippen LogP contribution in [0.1, 0.15) is 18.1 Å². The fourth-order valence-corrected chi connectivity index (χ4v) is 2.14. The van der Waals surface area contributed by atoms with E-state index in [0.717, 1.165) is 16.5 Å². The van der Waals surface area contributed by atoms with Gasteiger partial charge in [-0.05, 0) is 34.5 Å². The Morgan fingerprint density at radius 1 is 1.10 bits per heavy atom. The number of rotatable bonds is 5. The molecule has 2 aromatic rings. The van der Waals surface area contributed by atoms with E-state index < -0.39 is 18.2 Å². The number of carbonyl (C=O) groups is 1. The minimum atomic E-state index is -1.20. The van der Waals surface area contributed by atoms with Crippen LogP contribution < -0.4 is 4.74 Å². The number of benzene rings is 2. The van der Waals surface area contributed by atoms with E-state index in [1.807, 2.05) is 24.3 Å². The van der Waals surface area contributed by atoms with Gasteiger partial charge in [0.2, 0.25) is 0 Å². The van der Waals surface area contributed by atoms with E-state index >= 15 is 0 Å². The van der Waals surface area contributed by atoms with Gasteiger partial charge in [-0.3, -0.25) is 4.79 Å². The van der Waals surface area contributed by atoms with Crippen LogP contribution in [0.15, 0.2) is 36.4 Å². The molecule has 0 bridgehead atoms. The molecule has 0 aliphatic carbocycles. The molecular weight excluding hydrogens is 272 g/mol. The second-order valence-corrected chi connectivity index (χ2v) is 4.76. The molecule has 2 unspecified atom stereocenters. The quantitative estimate of drug-likeness (QED) is 0.821. The van der Waals surface area contributed by atoms with E-state index in [1.165, 1.54) is 7.11 Å². The first-order valence-electron chi connectivity index (χ1n) is 6.56. The fourth-order valence-electron chi connectivity index (χ4n) is 2.14. The van der Waals surface area contributed by atoms with Crippen LogP contribution >= 0.6 is 0 Å². The van der Waals surface area contributed by atoms with Gasteiger partial charge in [0.25, 0.3) is 0 Å². The van der Waals surface area contributed by atoms with Crippen LogP contribution in [0.4, 0.5) is 0 Å². The van der Waals surface area contributed by atoms with E-state index in [4.69, 9.17) is 4.74 Å². The first-order valence-corrected chi connectivity index (χ1v) is 6.56. The summed E-state index contributed by atoms with van der Waals surface area (Å²) in [5.41, 5.74) is 0.545. The topological polar surface area (TPSA) is 76.0 Å². The summed E-state index contributed by atoms with van der Waals surface area (Å²) in [6, 6.07) is 10.9. The third-order valence-electron chi connectivity index (χ3n) is 3.38. The van der Waals surface area contributed by atoms with Crippen molar-refractivity contribution in [1.29, 1.82) is 0 Å². The monoisotopic (exact) mass is 290 g/mol. The van der Waals surface area contributed by atoms with Crippen molar-refractivity contribution in [3.8, 4) is 5.75 Å². The Balaban J connectivity index is 2.23. The molecule has 2 rings (SSSR count). The maximum absolute atomic E-state index is 11.1. The summed E-state index contributed by atoms with van der Waals surface area (Å²) in [5, 5.41) is 21.8. The highest BCUT2D eigenvalue weighted by molar-refractivity contribution is 5.84. The highest BCUT2D eigenvalue weighted by Gasteiger charge is 2.22. The number of hydrogen-bond donors (Lipinski definition) is 2. The zero-order valence-electron chi connectivity index (χ0n) is 11.9. The summed E-state index contributed by atoms with van der Waals surface area (Å²) in [7, 11) is 2.84. The van der Waals surface area contributed by atoms with Gasteiger partial charge in [0, 0.05) is 0 Å². The molecule has 0 fully saturated rings. The predicted molar refractivity (Wildman–Crippen MR) is 78.1 cm³/mol. The van der Waals surface area contributed by atoms with Gasteiger partial charge < -0.3 is 19.7 Å². The minimum Gasteiger partial charge on any atom is -0.497 e. The lowest BCUT2D eigenvalue weighted by Gasteiger charge is -2.17. The predicted octanol–water partition coefficient (Wildman–Crippen LogP) is 1.81. The summed E-state index contributed by atoms with van der Waals surface area (Å²) < 4.78 is 9.63. The molecule has 0 heterocycles. The second kappa shape index (κ2) is 6.56. The lowest BCUT2D eigenvalue weighted by atomic mass is 9.99. The van der Waals surface area contributed by atoms with Gasteiger partial charge in [0.1, 0.15) is 11.9 Å². The van der Waals surface area contributed by atoms with Crippen molar-refractivity contribution in [2.75, 3.05) is 14.2 Å². The number of esters is 1. The van der Waals surface area contributed by atoms with Gasteiger partial charge >= 0.3 is 5.97 Å². The molecule has 112 valence electrons. The molecule has 0 aromatic heterocycles. The number of aliphatic hydroxyl groups excluding tert-OH is 2. The average Bonchev–Trinajstić information content (AvgIpc) is 2.52. The third-order valence-corrected chi connectivity index (χ3v) is 3.38. The average molecular weight is 290 g/mol. The first kappa shape index (κ1) is 15.3. The zero-order valence-corrected chi connectivity index (χ0v) is 11.9. The minimum absolute atomic E-state index is 0.252. The van der Waals surface area contributed by atoms with Crippen LogP contribution in [0.25, 0.3) is 10.8 Å². The van der Waals surface area contributed by atoms with Gasteiger partial charge in [-0.25, -0.2) is 0 Å². The van der Waals surface area contributed by atoms with Crippen molar-refractivity contribution in [2.24, 2.45) is 0 Å². The van der Waals surface area contributed by atoms with Gasteiger partial charge in [0.05, 0.1) is 26.7 Å². The Hall–Kier alpha value is -2.11. The number of aliphatic hydroxyl groups is 2. The summed E-state index contributed by atoms with van der Waals surface area (Å²) in [6.45, 7) is 0. The Morgan fingerprint density at radius 3 is 2.43 bits per heavy atom. The van der Waals surface area contributed by atoms with Crippen molar-refractivity contribution in [3.05, 3.63) is 42.0 Å². The molecule has 21 heavy (non-hydrogen) atoms. The molecule has 0 saturated heterocycles. The van der Waals surface area contributed by atoms with Crippen LogP contribution in [0.2, 0.25) is 0 Å². The number of fused-ring (bicyclic) bond motifs is 1. The van der Waals surface area contributed by atoms with Crippen molar-refractivity contribution >= 4 is 16.7 Å². The molecule has 5 heteroatoms. The Labute approximate surface area is 122 Å². The van der Waals surface area contributed by atoms with Gasteiger partial charge in [0.15, 0.2) is 0 Å². The first-order chi connectivity index (χ1) is 10.0. The lowest BCUT2D eigenvalue weighted by molar-refractivity contribution is -0.144. The van der Waals surface area contributed by atoms with E-state index in [2.05, 4.69) is 4.74 Å². The largest absolute Gasteiger partial charge is 0.497 e. The fraction of sp³-hybridized carbons (Fsp3) is 0.312. The highest BCUT2D eigenvalue weighted by atomic mass is 16.5. The van der Waals surface area contributed by atoms with Crippen molar-refractivity contribution in [1.82, 2.24) is 0 Å². The third kappa shape index (κ3) is 3.51. The molecule has 0 aliphatic rings. The highest BCUT2D eigenvalue weighted by Crippen LogP contribution is 2.26. The molecule has 0 radical (unpaired) electrons. The Morgan fingerprint density at radius 2 is 1.76 bits per heavy atom. The van der Waals surface area contributed by atoms with Crippen LogP contribution in [0.3, 0.4) is 0 Å². The number of hydrogen-bond acceptors (Lipinski definition) is 5. The van der Waals surface area contributed by atoms with Crippen LogP contribution in [0.5, 0.6) is 5.75 Å². The standard InChI is InChI=1S/C16H18O5/c1-20-13-6-5-10-7-12(4-3-11(10)8-13)16(19)14(17)9-15(18)21-2/h3-8,14,16-17,19H,9H2,1-2H3. The van der Waals surface area contributed by atoms with Gasteiger partial charge in [-0.15, -0.1) is 0 Å². The molecule has 2 N–H and O–H groups in total. The van der Waals surface area contributed by atoms with Crippen molar-refractivity contribution < 1.29 is 24.5 Å². The van der Waals surface area contributed by atoms with Gasteiger partial charge in [-0.2, -0.15) is 0 Å². The van der Waals surface area contributed by atoms with Crippen LogP contribution in [0, 0.1) is 0 Å². The molecule has 2 atom stereocenters. The molecule has 5 nitrogen and oxygen atoms in total. The Kier molecular flexibility index (Phi) is 4.77. The zero-order chi connectivity index (χ0) is 15.4. The lowest BCUT2D eigenvalue weighted by Crippen LogP contribution is -2.22. The Bertz CT molecular complexity index is 638. The second-order valence-electron chi connectivity index (χ2n) is 4.76. The van der Waals surface area contributed by atoms with E-state index in [9.17, 15) is 15.0 Å². The van der Waals surface area contributed by atoms with E-state index in [-0.39, 0.29) is 6.42 Å². The van der Waals surface area contributed by atoms with E-state index in [0.29, 0.717) is 5.56 Å². The molecule has 0 aliphatic heterocycles. The van der Waals surface area contributed by atoms with E-state index in [1.54, 1.807) is 19.2 Å². The summed E-state index contributed by atoms with van der Waals surface area (Å²) in [6.07, 6.45) is -2.60. The normalized spacial score (nSPS) is 13.7. The molecule has 2 aromatic carbocycles. The van der Waals surface area contributed by atoms with Gasteiger partial charge in [-0.1, -0.05) is 18.2 Å². The smallest absolute Gasteiger partial charge is 0.308 e. The number of carbonyl (C=O) groups excluding carboxylic acids is 1. The van der Waals surface area contributed by atoms with Crippen LogP contribution in [-0.2, 0) is 9.53 Å². The molecular formula is C16H18O5. The SMILES string of the molecule is COC(=O)CC(O)C(O)c1ccc2cc(OC)ccc2c1. The maximum atomic E-state index is 11.1. The van der Waals surface area contributed by atoms with Crippen molar-refractivity contribution in [2.45, 2.75) is 18.6 Å². The van der Waals surface area contributed by atoms with Crippen molar-refractivity contribution in [3.63, 3.8) is 0 Å². The summed E-state index contributed by atoms with van der Waals surface area (Å²) >= 11 is 0. The van der Waals surface area contributed by atoms with Crippen LogP contribution in [-0.4, -0.2) is 36.5 Å². The molecule has 0 saturated carbocycles. The number of ether oxygens (including phenoxy) is 2. The molecule has 0 amide bonds. The molecule has 0 spiro atoms. The summed E-state index contributed by atoms with van der Waals surface area (Å²) in [5.74, 6) is 0.189. The summed E-state index contributed by atoms with van der Waals surface area (Å²) in [4.78, 5) is 11.1.